The number of amides is 1. The largest absolute Gasteiger partial charge is 0.497 e. The first-order valence-corrected chi connectivity index (χ1v) is 10.4. The lowest BCUT2D eigenvalue weighted by molar-refractivity contribution is -0.116. The van der Waals surface area contributed by atoms with Crippen molar-refractivity contribution < 1.29 is 17.9 Å². The summed E-state index contributed by atoms with van der Waals surface area (Å²) < 4.78 is 29.2. The second kappa shape index (κ2) is 7.06. The summed E-state index contributed by atoms with van der Waals surface area (Å²) in [5.74, 6) is 0.338. The fraction of sp³-hybridized carbons (Fsp3) is 0.438. The molecular formula is C16H17N3O4S2. The average molecular weight is 379 g/mol. The molecule has 25 heavy (non-hydrogen) atoms. The zero-order valence-electron chi connectivity index (χ0n) is 13.6. The number of thioether (sulfide) groups is 1. The van der Waals surface area contributed by atoms with Gasteiger partial charge < -0.3 is 9.64 Å². The van der Waals surface area contributed by atoms with Crippen molar-refractivity contribution in [2.75, 3.05) is 18.6 Å². The lowest BCUT2D eigenvalue weighted by Crippen LogP contribution is -2.37. The highest BCUT2D eigenvalue weighted by Crippen LogP contribution is 2.39. The highest BCUT2D eigenvalue weighted by atomic mass is 32.2. The molecule has 0 aliphatic carbocycles. The van der Waals surface area contributed by atoms with Crippen molar-refractivity contribution in [2.45, 2.75) is 24.3 Å². The Bertz CT molecular complexity index is 860. The predicted octanol–water partition coefficient (Wildman–Crippen LogP) is 1.21. The van der Waals surface area contributed by atoms with Gasteiger partial charge in [-0.15, -0.1) is 0 Å². The number of hydrogen-bond acceptors (Lipinski definition) is 6. The van der Waals surface area contributed by atoms with Crippen molar-refractivity contribution in [3.05, 3.63) is 29.8 Å². The molecule has 0 unspecified atom stereocenters. The molecule has 0 spiro atoms. The summed E-state index contributed by atoms with van der Waals surface area (Å²) in [7, 11) is -1.50. The van der Waals surface area contributed by atoms with E-state index in [1.807, 2.05) is 29.2 Å². The Labute approximate surface area is 150 Å². The Morgan fingerprint density at radius 2 is 2.28 bits per heavy atom. The molecule has 132 valence electrons. The summed E-state index contributed by atoms with van der Waals surface area (Å²) in [6.07, 6.45) is -0.287. The van der Waals surface area contributed by atoms with Crippen molar-refractivity contribution in [1.82, 2.24) is 4.90 Å². The number of aliphatic imine (C=N–C) groups is 1. The van der Waals surface area contributed by atoms with Crippen LogP contribution in [0.2, 0.25) is 0 Å². The van der Waals surface area contributed by atoms with Crippen LogP contribution < -0.4 is 4.74 Å². The quantitative estimate of drug-likeness (QED) is 0.775. The molecular weight excluding hydrogens is 362 g/mol. The van der Waals surface area contributed by atoms with Gasteiger partial charge in [-0.25, -0.2) is 8.42 Å². The molecule has 1 amide bonds. The molecule has 2 atom stereocenters. The summed E-state index contributed by atoms with van der Waals surface area (Å²) in [4.78, 5) is 17.7. The number of carbonyl (C=O) groups is 1. The van der Waals surface area contributed by atoms with Gasteiger partial charge in [0, 0.05) is 11.8 Å². The first-order valence-electron chi connectivity index (χ1n) is 7.67. The number of nitriles is 1. The number of carbonyl (C=O) groups excluding carboxylic acids is 1. The molecule has 2 aliphatic rings. The third-order valence-corrected chi connectivity index (χ3v) is 7.36. The molecule has 1 aromatic rings. The molecule has 0 aromatic heterocycles. The van der Waals surface area contributed by atoms with Crippen LogP contribution in [0.3, 0.4) is 0 Å². The van der Waals surface area contributed by atoms with Gasteiger partial charge in [0.05, 0.1) is 30.7 Å². The Morgan fingerprint density at radius 1 is 1.48 bits per heavy atom. The van der Waals surface area contributed by atoms with Crippen LogP contribution in [0.5, 0.6) is 5.75 Å². The molecule has 2 fully saturated rings. The molecule has 2 saturated heterocycles. The monoisotopic (exact) mass is 379 g/mol. The lowest BCUT2D eigenvalue weighted by atomic mass is 10.1. The van der Waals surface area contributed by atoms with Gasteiger partial charge in [-0.2, -0.15) is 10.3 Å². The van der Waals surface area contributed by atoms with Gasteiger partial charge in [0.1, 0.15) is 12.2 Å². The van der Waals surface area contributed by atoms with E-state index in [-0.39, 0.29) is 29.2 Å². The first kappa shape index (κ1) is 17.8. The highest BCUT2D eigenvalue weighted by molar-refractivity contribution is 8.15. The first-order chi connectivity index (χ1) is 11.9. The standard InChI is InChI=1S/C16H17N3O4S2/c1-23-12-4-2-3-11(7-12)8-19-13-9-25(21,22)10-14(13)24-16(19)18-15(20)5-6-17/h2-4,7,13-14H,5,8-10H2,1H3/t13-,14+/m0/s1. The van der Waals surface area contributed by atoms with Gasteiger partial charge in [0.25, 0.3) is 5.91 Å². The molecule has 2 heterocycles. The molecule has 3 rings (SSSR count). The minimum Gasteiger partial charge on any atom is -0.497 e. The van der Waals surface area contributed by atoms with Crippen LogP contribution in [0.15, 0.2) is 29.3 Å². The summed E-state index contributed by atoms with van der Waals surface area (Å²) >= 11 is 1.31. The molecule has 0 bridgehead atoms. The van der Waals surface area contributed by atoms with Crippen molar-refractivity contribution >= 4 is 32.7 Å². The molecule has 7 nitrogen and oxygen atoms in total. The van der Waals surface area contributed by atoms with E-state index in [4.69, 9.17) is 10.00 Å². The Kier molecular flexibility index (Phi) is 5.01. The van der Waals surface area contributed by atoms with Crippen LogP contribution in [0.4, 0.5) is 0 Å². The molecule has 0 radical (unpaired) electrons. The van der Waals surface area contributed by atoms with Gasteiger partial charge in [0.15, 0.2) is 15.0 Å². The van der Waals surface area contributed by atoms with Gasteiger partial charge in [0.2, 0.25) is 0 Å². The Balaban J connectivity index is 1.89. The molecule has 2 aliphatic heterocycles. The third kappa shape index (κ3) is 3.96. The minimum atomic E-state index is -3.09. The van der Waals surface area contributed by atoms with E-state index in [1.54, 1.807) is 13.2 Å². The molecule has 0 N–H and O–H groups in total. The maximum Gasteiger partial charge on any atom is 0.262 e. The summed E-state index contributed by atoms with van der Waals surface area (Å²) in [6.45, 7) is 0.430. The number of methoxy groups -OCH3 is 1. The van der Waals surface area contributed by atoms with Crippen LogP contribution in [0.25, 0.3) is 0 Å². The van der Waals surface area contributed by atoms with Crippen molar-refractivity contribution in [2.24, 2.45) is 4.99 Å². The van der Waals surface area contributed by atoms with Gasteiger partial charge in [-0.1, -0.05) is 23.9 Å². The number of amidine groups is 1. The molecule has 1 aromatic carbocycles. The van der Waals surface area contributed by atoms with Crippen LogP contribution >= 0.6 is 11.8 Å². The second-order valence-corrected chi connectivity index (χ2v) is 9.26. The smallest absolute Gasteiger partial charge is 0.262 e. The zero-order valence-corrected chi connectivity index (χ0v) is 15.2. The van der Waals surface area contributed by atoms with Crippen LogP contribution in [0.1, 0.15) is 12.0 Å². The van der Waals surface area contributed by atoms with E-state index in [0.717, 1.165) is 5.56 Å². The highest BCUT2D eigenvalue weighted by Gasteiger charge is 2.48. The fourth-order valence-corrected chi connectivity index (χ4v) is 6.97. The van der Waals surface area contributed by atoms with Crippen LogP contribution in [-0.4, -0.2) is 54.3 Å². The van der Waals surface area contributed by atoms with E-state index >= 15 is 0 Å². The van der Waals surface area contributed by atoms with E-state index in [0.29, 0.717) is 17.5 Å². The van der Waals surface area contributed by atoms with Gasteiger partial charge in [-0.05, 0) is 17.7 Å². The van der Waals surface area contributed by atoms with E-state index in [1.165, 1.54) is 11.8 Å². The predicted molar refractivity (Wildman–Crippen MR) is 95.0 cm³/mol. The van der Waals surface area contributed by atoms with Crippen LogP contribution in [-0.2, 0) is 21.2 Å². The number of hydrogen-bond donors (Lipinski definition) is 0. The number of nitrogens with zero attached hydrogens (tertiary/aromatic N) is 3. The number of ether oxygens (including phenoxy) is 1. The molecule has 0 saturated carbocycles. The normalized spacial score (nSPS) is 25.6. The number of sulfone groups is 1. The lowest BCUT2D eigenvalue weighted by Gasteiger charge is -2.24. The van der Waals surface area contributed by atoms with E-state index < -0.39 is 15.7 Å². The zero-order chi connectivity index (χ0) is 18.0. The Morgan fingerprint density at radius 3 is 3.00 bits per heavy atom. The summed E-state index contributed by atoms with van der Waals surface area (Å²) in [5, 5.41) is 9.00. The fourth-order valence-electron chi connectivity index (χ4n) is 3.00. The topological polar surface area (TPSA) is 99.8 Å². The third-order valence-electron chi connectivity index (χ3n) is 4.11. The molecule has 9 heteroatoms. The summed E-state index contributed by atoms with van der Waals surface area (Å²) in [6, 6.07) is 9.05. The second-order valence-electron chi connectivity index (χ2n) is 5.90. The van der Waals surface area contributed by atoms with Crippen molar-refractivity contribution in [1.29, 1.82) is 5.26 Å². The van der Waals surface area contributed by atoms with Gasteiger partial charge in [-0.3, -0.25) is 4.79 Å². The number of rotatable bonds is 4. The SMILES string of the molecule is COc1cccc(CN2C(=NC(=O)CC#N)S[C@@H]3CS(=O)(=O)C[C@@H]32)c1. The minimum absolute atomic E-state index is 0.0557. The maximum atomic E-state index is 12.0. The number of fused-ring (bicyclic) bond motifs is 1. The Hall–Kier alpha value is -2.05. The van der Waals surface area contributed by atoms with Crippen molar-refractivity contribution in [3.63, 3.8) is 0 Å². The number of benzene rings is 1. The van der Waals surface area contributed by atoms with E-state index in [9.17, 15) is 13.2 Å². The van der Waals surface area contributed by atoms with E-state index in [2.05, 4.69) is 4.99 Å². The average Bonchev–Trinajstić information content (AvgIpc) is 3.01. The maximum absolute atomic E-state index is 12.0. The summed E-state index contributed by atoms with van der Waals surface area (Å²) in [5.41, 5.74) is 0.935. The van der Waals surface area contributed by atoms with Crippen molar-refractivity contribution in [3.8, 4) is 11.8 Å². The van der Waals surface area contributed by atoms with Crippen LogP contribution in [0, 0.1) is 11.3 Å². The van der Waals surface area contributed by atoms with Gasteiger partial charge >= 0.3 is 0 Å².